The highest BCUT2D eigenvalue weighted by atomic mass is 79.9. The molecule has 4 aromatic rings. The highest BCUT2D eigenvalue weighted by Crippen LogP contribution is 2.36. The molecule has 1 aliphatic rings. The Hall–Kier alpha value is -3.51. The Morgan fingerprint density at radius 3 is 2.39 bits per heavy atom. The van der Waals surface area contributed by atoms with E-state index in [0.717, 1.165) is 37.8 Å². The van der Waals surface area contributed by atoms with E-state index in [1.54, 1.807) is 0 Å². The molecule has 1 aromatic heterocycles. The maximum Gasteiger partial charge on any atom is 0.243 e. The van der Waals surface area contributed by atoms with Crippen LogP contribution in [-0.2, 0) is 9.53 Å². The lowest BCUT2D eigenvalue weighted by atomic mass is 10.0. The third-order valence-corrected chi connectivity index (χ3v) is 5.67. The molecular formula is C25H18BrN3O2. The fourth-order valence-corrected chi connectivity index (χ4v) is 3.91. The highest BCUT2D eigenvalue weighted by Gasteiger charge is 2.34. The van der Waals surface area contributed by atoms with Gasteiger partial charge in [-0.05, 0) is 36.4 Å². The number of halogens is 1. The Morgan fingerprint density at radius 1 is 0.935 bits per heavy atom. The van der Waals surface area contributed by atoms with Gasteiger partial charge in [-0.3, -0.25) is 4.79 Å². The van der Waals surface area contributed by atoms with Gasteiger partial charge in [-0.25, -0.2) is 4.98 Å². The van der Waals surface area contributed by atoms with Gasteiger partial charge in [-0.2, -0.15) is 5.01 Å². The Bertz CT molecular complexity index is 1300. The first kappa shape index (κ1) is 19.5. The summed E-state index contributed by atoms with van der Waals surface area (Å²) in [7, 11) is 0. The summed E-state index contributed by atoms with van der Waals surface area (Å²) in [6.45, 7) is 1.49. The Balaban J connectivity index is 1.64. The van der Waals surface area contributed by atoms with Crippen LogP contribution in [0.25, 0.3) is 22.2 Å². The van der Waals surface area contributed by atoms with Crippen molar-refractivity contribution < 1.29 is 9.53 Å². The van der Waals surface area contributed by atoms with E-state index in [2.05, 4.69) is 21.0 Å². The van der Waals surface area contributed by atoms with Crippen LogP contribution in [0.2, 0.25) is 0 Å². The predicted octanol–water partition coefficient (Wildman–Crippen LogP) is 5.90. The zero-order valence-corrected chi connectivity index (χ0v) is 18.3. The van der Waals surface area contributed by atoms with Crippen molar-refractivity contribution in [1.82, 2.24) is 9.99 Å². The summed E-state index contributed by atoms with van der Waals surface area (Å²) in [5, 5.41) is 6.82. The van der Waals surface area contributed by atoms with Crippen LogP contribution in [0.1, 0.15) is 24.3 Å². The zero-order valence-electron chi connectivity index (χ0n) is 16.7. The van der Waals surface area contributed by atoms with Crippen molar-refractivity contribution in [3.05, 3.63) is 101 Å². The third kappa shape index (κ3) is 3.70. The average molecular weight is 472 g/mol. The van der Waals surface area contributed by atoms with Gasteiger partial charge in [-0.15, -0.1) is 5.10 Å². The smallest absolute Gasteiger partial charge is 0.243 e. The zero-order chi connectivity index (χ0) is 21.4. The lowest BCUT2D eigenvalue weighted by Gasteiger charge is -2.21. The molecule has 1 unspecified atom stereocenters. The van der Waals surface area contributed by atoms with Gasteiger partial charge in [0, 0.05) is 33.5 Å². The van der Waals surface area contributed by atoms with E-state index in [0.29, 0.717) is 5.90 Å². The van der Waals surface area contributed by atoms with Crippen LogP contribution in [0.5, 0.6) is 0 Å². The van der Waals surface area contributed by atoms with Crippen LogP contribution in [0.4, 0.5) is 0 Å². The SMILES string of the molecule is CC(=O)N1N=C(c2ccc(Br)cc2)OC1c1cc(-c2ccccc2)nc2ccccc12. The second kappa shape index (κ2) is 7.96. The number of fused-ring (bicyclic) bond motifs is 1. The number of hydrazone groups is 1. The number of carbonyl (C=O) groups excluding carboxylic acids is 1. The molecule has 0 saturated carbocycles. The van der Waals surface area contributed by atoms with E-state index in [-0.39, 0.29) is 5.91 Å². The van der Waals surface area contributed by atoms with E-state index in [4.69, 9.17) is 9.72 Å². The van der Waals surface area contributed by atoms with Crippen LogP contribution < -0.4 is 0 Å². The Kier molecular flexibility index (Phi) is 5.00. The molecule has 0 bridgehead atoms. The van der Waals surface area contributed by atoms with E-state index in [1.807, 2.05) is 84.9 Å². The minimum Gasteiger partial charge on any atom is -0.446 e. The van der Waals surface area contributed by atoms with Gasteiger partial charge in [0.1, 0.15) is 0 Å². The van der Waals surface area contributed by atoms with E-state index in [9.17, 15) is 4.79 Å². The number of carbonyl (C=O) groups is 1. The molecule has 0 fully saturated rings. The number of amides is 1. The van der Waals surface area contributed by atoms with E-state index >= 15 is 0 Å². The van der Waals surface area contributed by atoms with E-state index < -0.39 is 6.23 Å². The number of hydrogen-bond donors (Lipinski definition) is 0. The number of hydrogen-bond acceptors (Lipinski definition) is 4. The molecule has 1 aliphatic heterocycles. The molecule has 3 aromatic carbocycles. The van der Waals surface area contributed by atoms with Crippen LogP contribution in [-0.4, -0.2) is 21.8 Å². The molecule has 1 atom stereocenters. The van der Waals surface area contributed by atoms with Gasteiger partial charge < -0.3 is 4.74 Å². The average Bonchev–Trinajstić information content (AvgIpc) is 3.25. The molecule has 5 rings (SSSR count). The quantitative estimate of drug-likeness (QED) is 0.373. The molecule has 0 saturated heterocycles. The number of rotatable bonds is 3. The van der Waals surface area contributed by atoms with Crippen molar-refractivity contribution in [2.24, 2.45) is 5.10 Å². The Morgan fingerprint density at radius 2 is 1.65 bits per heavy atom. The van der Waals surface area contributed by atoms with Gasteiger partial charge >= 0.3 is 0 Å². The van der Waals surface area contributed by atoms with Crippen molar-refractivity contribution in [3.8, 4) is 11.3 Å². The molecule has 0 radical (unpaired) electrons. The summed E-state index contributed by atoms with van der Waals surface area (Å²) in [4.78, 5) is 17.3. The van der Waals surface area contributed by atoms with Crippen molar-refractivity contribution in [2.75, 3.05) is 0 Å². The number of aromatic nitrogens is 1. The van der Waals surface area contributed by atoms with Gasteiger partial charge in [0.05, 0.1) is 11.2 Å². The van der Waals surface area contributed by atoms with Gasteiger partial charge in [0.25, 0.3) is 0 Å². The summed E-state index contributed by atoms with van der Waals surface area (Å²) >= 11 is 3.44. The van der Waals surface area contributed by atoms with Gasteiger partial charge in [-0.1, -0.05) is 64.5 Å². The molecule has 2 heterocycles. The van der Waals surface area contributed by atoms with Crippen LogP contribution in [0.15, 0.2) is 94.5 Å². The van der Waals surface area contributed by atoms with Gasteiger partial charge in [0.2, 0.25) is 18.0 Å². The first-order valence-corrected chi connectivity index (χ1v) is 10.7. The minimum absolute atomic E-state index is 0.195. The highest BCUT2D eigenvalue weighted by molar-refractivity contribution is 9.10. The van der Waals surface area contributed by atoms with Gasteiger partial charge in [0.15, 0.2) is 0 Å². The van der Waals surface area contributed by atoms with Crippen LogP contribution >= 0.6 is 15.9 Å². The molecule has 0 N–H and O–H groups in total. The lowest BCUT2D eigenvalue weighted by Crippen LogP contribution is -2.25. The standard InChI is InChI=1S/C25H18BrN3O2/c1-16(30)29-25(31-24(28-29)18-11-13-19(26)14-12-18)21-15-23(17-7-3-2-4-8-17)27-22-10-6-5-9-20(21)22/h2-15,25H,1H3. The maximum atomic E-state index is 12.5. The second-order valence-corrected chi connectivity index (χ2v) is 8.14. The fraction of sp³-hybridized carbons (Fsp3) is 0.0800. The first-order valence-electron chi connectivity index (χ1n) is 9.86. The minimum atomic E-state index is -0.675. The monoisotopic (exact) mass is 471 g/mol. The van der Waals surface area contributed by atoms with E-state index in [1.165, 1.54) is 11.9 Å². The normalized spacial score (nSPS) is 15.6. The summed E-state index contributed by atoms with van der Waals surface area (Å²) in [5.41, 5.74) is 4.30. The summed E-state index contributed by atoms with van der Waals surface area (Å²) in [6.07, 6.45) is -0.675. The number of benzene rings is 3. The van der Waals surface area contributed by atoms with Crippen molar-refractivity contribution in [1.29, 1.82) is 0 Å². The summed E-state index contributed by atoms with van der Waals surface area (Å²) < 4.78 is 7.22. The molecule has 0 aliphatic carbocycles. The van der Waals surface area contributed by atoms with Crippen molar-refractivity contribution in [3.63, 3.8) is 0 Å². The predicted molar refractivity (Wildman–Crippen MR) is 124 cm³/mol. The summed E-state index contributed by atoms with van der Waals surface area (Å²) in [5.74, 6) is 0.217. The number of ether oxygens (including phenoxy) is 1. The topological polar surface area (TPSA) is 54.8 Å². The molecule has 5 nitrogen and oxygen atoms in total. The number of nitrogens with zero attached hydrogens (tertiary/aromatic N) is 3. The number of para-hydroxylation sites is 1. The number of pyridine rings is 1. The Labute approximate surface area is 188 Å². The first-order chi connectivity index (χ1) is 15.1. The fourth-order valence-electron chi connectivity index (χ4n) is 3.64. The van der Waals surface area contributed by atoms with Crippen LogP contribution in [0.3, 0.4) is 0 Å². The van der Waals surface area contributed by atoms with Crippen molar-refractivity contribution in [2.45, 2.75) is 13.2 Å². The second-order valence-electron chi connectivity index (χ2n) is 7.23. The molecule has 6 heteroatoms. The molecule has 31 heavy (non-hydrogen) atoms. The summed E-state index contributed by atoms with van der Waals surface area (Å²) in [6, 6.07) is 27.5. The molecule has 0 spiro atoms. The largest absolute Gasteiger partial charge is 0.446 e. The molecular weight excluding hydrogens is 454 g/mol. The maximum absolute atomic E-state index is 12.5. The molecule has 1 amide bonds. The van der Waals surface area contributed by atoms with Crippen molar-refractivity contribution >= 4 is 38.6 Å². The third-order valence-electron chi connectivity index (χ3n) is 5.14. The lowest BCUT2D eigenvalue weighted by molar-refractivity contribution is -0.135. The molecule has 152 valence electrons. The van der Waals surface area contributed by atoms with Crippen LogP contribution in [0, 0.1) is 0 Å².